The predicted molar refractivity (Wildman–Crippen MR) is 122 cm³/mol. The number of benzene rings is 1. The number of hydrogen-bond donors (Lipinski definition) is 0. The largest absolute Gasteiger partial charge is 0.459 e. The number of nitrogens with zero attached hydrogens (tertiary/aromatic N) is 3. The first kappa shape index (κ1) is 21.6. The van der Waals surface area contributed by atoms with Crippen molar-refractivity contribution < 1.29 is 9.21 Å². The molecule has 1 saturated heterocycles. The number of amides is 1. The molecule has 0 radical (unpaired) electrons. The van der Waals surface area contributed by atoms with Crippen LogP contribution in [0.25, 0.3) is 0 Å². The monoisotopic (exact) mass is 437 g/mol. The summed E-state index contributed by atoms with van der Waals surface area (Å²) in [5.74, 6) is 0.678. The van der Waals surface area contributed by atoms with Crippen LogP contribution in [0, 0.1) is 5.92 Å². The molecule has 0 spiro atoms. The van der Waals surface area contributed by atoms with E-state index in [0.717, 1.165) is 55.2 Å². The molecule has 162 valence electrons. The molecule has 5 nitrogen and oxygen atoms in total. The number of carbonyl (C=O) groups excluding carboxylic acids is 1. The van der Waals surface area contributed by atoms with Gasteiger partial charge in [-0.2, -0.15) is 0 Å². The van der Waals surface area contributed by atoms with Gasteiger partial charge in [-0.3, -0.25) is 14.7 Å². The van der Waals surface area contributed by atoms with Gasteiger partial charge in [-0.25, -0.2) is 0 Å². The Balaban J connectivity index is 1.48. The number of likely N-dealkylation sites (N-methyl/N-ethyl adjacent to an activating group) is 1. The lowest BCUT2D eigenvalue weighted by atomic mass is 9.84. The summed E-state index contributed by atoms with van der Waals surface area (Å²) in [6.45, 7) is 2.84. The minimum Gasteiger partial charge on any atom is -0.459 e. The van der Waals surface area contributed by atoms with E-state index in [1.807, 2.05) is 48.5 Å². The molecule has 1 atom stereocenters. The first-order valence-electron chi connectivity index (χ1n) is 10.8. The van der Waals surface area contributed by atoms with E-state index in [2.05, 4.69) is 22.0 Å². The Morgan fingerprint density at radius 1 is 1.16 bits per heavy atom. The molecule has 0 saturated carbocycles. The zero-order chi connectivity index (χ0) is 21.6. The van der Waals surface area contributed by atoms with Crippen molar-refractivity contribution >= 4 is 17.5 Å². The fourth-order valence-corrected chi connectivity index (χ4v) is 4.66. The number of halogens is 1. The average molecular weight is 438 g/mol. The van der Waals surface area contributed by atoms with Gasteiger partial charge in [-0.05, 0) is 74.2 Å². The zero-order valence-electron chi connectivity index (χ0n) is 17.8. The second-order valence-corrected chi connectivity index (χ2v) is 8.60. The van der Waals surface area contributed by atoms with E-state index in [4.69, 9.17) is 16.0 Å². The van der Waals surface area contributed by atoms with Crippen molar-refractivity contribution in [1.82, 2.24) is 14.8 Å². The van der Waals surface area contributed by atoms with E-state index >= 15 is 0 Å². The number of furan rings is 1. The molecule has 3 aromatic rings. The highest BCUT2D eigenvalue weighted by molar-refractivity contribution is 6.31. The van der Waals surface area contributed by atoms with Crippen molar-refractivity contribution in [1.29, 1.82) is 0 Å². The second kappa shape index (κ2) is 10.1. The third-order valence-corrected chi connectivity index (χ3v) is 6.59. The maximum absolute atomic E-state index is 13.1. The highest BCUT2D eigenvalue weighted by atomic mass is 35.5. The molecule has 0 unspecified atom stereocenters. The summed E-state index contributed by atoms with van der Waals surface area (Å²) in [7, 11) is 1.88. The lowest BCUT2D eigenvalue weighted by molar-refractivity contribution is 0.0555. The SMILES string of the molecule is CN(C(=O)c1ccco1)[C@H](Cc1ccccc1Cl)C1CCN(Cc2ccccn2)CC1. The lowest BCUT2D eigenvalue weighted by Crippen LogP contribution is -2.47. The van der Waals surface area contributed by atoms with Crippen LogP contribution in [0.3, 0.4) is 0 Å². The van der Waals surface area contributed by atoms with E-state index in [0.29, 0.717) is 11.7 Å². The van der Waals surface area contributed by atoms with Crippen molar-refractivity contribution in [2.24, 2.45) is 5.92 Å². The third-order valence-electron chi connectivity index (χ3n) is 6.22. The third kappa shape index (κ3) is 5.35. The van der Waals surface area contributed by atoms with E-state index < -0.39 is 0 Å². The number of pyridine rings is 1. The van der Waals surface area contributed by atoms with Gasteiger partial charge in [0.05, 0.1) is 12.0 Å². The minimum atomic E-state index is -0.0852. The molecule has 0 aliphatic carbocycles. The summed E-state index contributed by atoms with van der Waals surface area (Å²) in [4.78, 5) is 21.8. The molecule has 31 heavy (non-hydrogen) atoms. The van der Waals surface area contributed by atoms with Crippen molar-refractivity contribution in [2.45, 2.75) is 31.8 Å². The van der Waals surface area contributed by atoms with E-state index in [1.54, 1.807) is 18.4 Å². The Labute approximate surface area is 188 Å². The van der Waals surface area contributed by atoms with E-state index in [1.165, 1.54) is 0 Å². The molecule has 1 aliphatic rings. The number of hydrogen-bond acceptors (Lipinski definition) is 4. The minimum absolute atomic E-state index is 0.0505. The Hall–Kier alpha value is -2.63. The first-order valence-corrected chi connectivity index (χ1v) is 11.2. The summed E-state index contributed by atoms with van der Waals surface area (Å²) in [5.41, 5.74) is 2.17. The molecule has 1 aliphatic heterocycles. The van der Waals surface area contributed by atoms with Crippen LogP contribution in [0.4, 0.5) is 0 Å². The molecule has 4 rings (SSSR count). The molecular weight excluding hydrogens is 410 g/mol. The van der Waals surface area contributed by atoms with Crippen LogP contribution >= 0.6 is 11.6 Å². The summed E-state index contributed by atoms with van der Waals surface area (Å²) < 4.78 is 5.38. The average Bonchev–Trinajstić information content (AvgIpc) is 3.34. The number of rotatable bonds is 7. The zero-order valence-corrected chi connectivity index (χ0v) is 18.5. The molecule has 1 amide bonds. The van der Waals surface area contributed by atoms with Crippen molar-refractivity contribution in [3.8, 4) is 0 Å². The van der Waals surface area contributed by atoms with Crippen LogP contribution in [0.5, 0.6) is 0 Å². The summed E-state index contributed by atoms with van der Waals surface area (Å²) in [5, 5.41) is 0.749. The quantitative estimate of drug-likeness (QED) is 0.526. The maximum Gasteiger partial charge on any atom is 0.289 e. The number of aromatic nitrogens is 1. The molecule has 1 aromatic carbocycles. The summed E-state index contributed by atoms with van der Waals surface area (Å²) >= 11 is 6.47. The van der Waals surface area contributed by atoms with Crippen LogP contribution in [-0.2, 0) is 13.0 Å². The molecule has 0 N–H and O–H groups in total. The maximum atomic E-state index is 13.1. The Bertz CT molecular complexity index is 969. The number of carbonyl (C=O) groups is 1. The first-order chi connectivity index (χ1) is 15.1. The summed E-state index contributed by atoms with van der Waals surface area (Å²) in [6.07, 6.45) is 6.17. The van der Waals surface area contributed by atoms with Crippen LogP contribution in [-0.4, -0.2) is 46.9 Å². The molecule has 3 heterocycles. The lowest BCUT2D eigenvalue weighted by Gasteiger charge is -2.40. The molecule has 1 fully saturated rings. The van der Waals surface area contributed by atoms with Crippen molar-refractivity contribution in [3.05, 3.63) is 89.1 Å². The van der Waals surface area contributed by atoms with E-state index in [9.17, 15) is 4.79 Å². The van der Waals surface area contributed by atoms with Gasteiger partial charge in [0, 0.05) is 30.9 Å². The highest BCUT2D eigenvalue weighted by Gasteiger charge is 2.33. The van der Waals surface area contributed by atoms with Gasteiger partial charge >= 0.3 is 0 Å². The normalized spacial score (nSPS) is 16.2. The molecule has 6 heteroatoms. The fraction of sp³-hybridized carbons (Fsp3) is 0.360. The van der Waals surface area contributed by atoms with Gasteiger partial charge in [0.2, 0.25) is 0 Å². The van der Waals surface area contributed by atoms with Gasteiger partial charge in [0.15, 0.2) is 5.76 Å². The second-order valence-electron chi connectivity index (χ2n) is 8.19. The smallest absolute Gasteiger partial charge is 0.289 e. The van der Waals surface area contributed by atoms with Crippen LogP contribution in [0.1, 0.15) is 34.7 Å². The highest BCUT2D eigenvalue weighted by Crippen LogP contribution is 2.29. The fourth-order valence-electron chi connectivity index (χ4n) is 4.45. The Morgan fingerprint density at radius 3 is 2.61 bits per heavy atom. The van der Waals surface area contributed by atoms with Gasteiger partial charge in [-0.1, -0.05) is 35.9 Å². The predicted octanol–water partition coefficient (Wildman–Crippen LogP) is 4.92. The standard InChI is InChI=1S/C25H28ClN3O2/c1-28(25(30)24-10-6-16-31-24)23(17-20-7-2-3-9-22(20)26)19-11-14-29(15-12-19)18-21-8-4-5-13-27-21/h2-10,13,16,19,23H,11-12,14-15,17-18H2,1H3/t23-/m1/s1. The number of likely N-dealkylation sites (tertiary alicyclic amines) is 1. The topological polar surface area (TPSA) is 49.6 Å². The molecule has 0 bridgehead atoms. The van der Waals surface area contributed by atoms with Crippen molar-refractivity contribution in [3.63, 3.8) is 0 Å². The molecule has 2 aromatic heterocycles. The Kier molecular flexibility index (Phi) is 7.05. The van der Waals surface area contributed by atoms with Crippen LogP contribution in [0.2, 0.25) is 5.02 Å². The van der Waals surface area contributed by atoms with E-state index in [-0.39, 0.29) is 11.9 Å². The van der Waals surface area contributed by atoms with Crippen LogP contribution < -0.4 is 0 Å². The van der Waals surface area contributed by atoms with Gasteiger partial charge in [0.1, 0.15) is 0 Å². The summed E-state index contributed by atoms with van der Waals surface area (Å²) in [6, 6.07) is 17.5. The van der Waals surface area contributed by atoms with Gasteiger partial charge < -0.3 is 9.32 Å². The number of piperidine rings is 1. The van der Waals surface area contributed by atoms with Gasteiger partial charge in [0.25, 0.3) is 5.91 Å². The van der Waals surface area contributed by atoms with Gasteiger partial charge in [-0.15, -0.1) is 0 Å². The van der Waals surface area contributed by atoms with Crippen LogP contribution in [0.15, 0.2) is 71.5 Å². The Morgan fingerprint density at radius 2 is 1.94 bits per heavy atom. The van der Waals surface area contributed by atoms with Crippen molar-refractivity contribution in [2.75, 3.05) is 20.1 Å². The molecular formula is C25H28ClN3O2.